The molecule has 5 heteroatoms. The average Bonchev–Trinajstić information content (AvgIpc) is 3.90. The maximum atomic E-state index is 6.88. The number of imidazole rings is 1. The van der Waals surface area contributed by atoms with Gasteiger partial charge < -0.3 is 9.30 Å². The molecule has 0 N–H and O–H groups in total. The molecular formula is C57H48N4O. The first-order valence-corrected chi connectivity index (χ1v) is 21.3. The van der Waals surface area contributed by atoms with Crippen molar-refractivity contribution >= 4 is 21.8 Å². The molecule has 0 saturated carbocycles. The van der Waals surface area contributed by atoms with E-state index in [-0.39, 0.29) is 5.41 Å². The summed E-state index contributed by atoms with van der Waals surface area (Å²) in [5, 5.41) is 2.31. The number of aryl methyl sites for hydroxylation is 3. The molecule has 0 saturated heterocycles. The SMILES string of the molecule is Cc1cc(C)c(-c2ccnc(-n3c4ccccc4c4ccc(Oc5cc(-c6cn(-c7c(-c8ccccc8)cccc7-c7ccccc7)cn6)cc(C(C)(C)C)c5)cc43)c2)c(C)c1. The molecule has 10 rings (SSSR count). The molecule has 0 aliphatic carbocycles. The second-order valence-corrected chi connectivity index (χ2v) is 17.4. The minimum Gasteiger partial charge on any atom is -0.457 e. The number of hydrogen-bond acceptors (Lipinski definition) is 3. The van der Waals surface area contributed by atoms with Gasteiger partial charge in [0.2, 0.25) is 0 Å². The monoisotopic (exact) mass is 804 g/mol. The summed E-state index contributed by atoms with van der Waals surface area (Å²) in [6.07, 6.45) is 6.00. The lowest BCUT2D eigenvalue weighted by atomic mass is 9.85. The van der Waals surface area contributed by atoms with E-state index in [9.17, 15) is 0 Å². The summed E-state index contributed by atoms with van der Waals surface area (Å²) in [4.78, 5) is 10.0. The van der Waals surface area contributed by atoms with Gasteiger partial charge in [0.15, 0.2) is 0 Å². The van der Waals surface area contributed by atoms with Crippen molar-refractivity contribution in [1.82, 2.24) is 19.1 Å². The smallest absolute Gasteiger partial charge is 0.138 e. The van der Waals surface area contributed by atoms with Gasteiger partial charge in [-0.3, -0.25) is 4.57 Å². The summed E-state index contributed by atoms with van der Waals surface area (Å²) >= 11 is 0. The maximum Gasteiger partial charge on any atom is 0.138 e. The Hall–Kier alpha value is -7.50. The predicted molar refractivity (Wildman–Crippen MR) is 257 cm³/mol. The van der Waals surface area contributed by atoms with Crippen LogP contribution in [0.2, 0.25) is 0 Å². The van der Waals surface area contributed by atoms with Gasteiger partial charge >= 0.3 is 0 Å². The van der Waals surface area contributed by atoms with Gasteiger partial charge in [0.25, 0.3) is 0 Å². The molecule has 0 unspecified atom stereocenters. The number of pyridine rings is 1. The zero-order valence-electron chi connectivity index (χ0n) is 36.0. The summed E-state index contributed by atoms with van der Waals surface area (Å²) in [5.74, 6) is 2.36. The van der Waals surface area contributed by atoms with Crippen molar-refractivity contribution in [2.75, 3.05) is 0 Å². The fraction of sp³-hybridized carbons (Fsp3) is 0.123. The molecule has 62 heavy (non-hydrogen) atoms. The molecule has 0 aliphatic heterocycles. The first-order chi connectivity index (χ1) is 30.1. The first kappa shape index (κ1) is 38.7. The van der Waals surface area contributed by atoms with Gasteiger partial charge in [0.05, 0.1) is 28.7 Å². The van der Waals surface area contributed by atoms with E-state index < -0.39 is 0 Å². The zero-order valence-corrected chi connectivity index (χ0v) is 36.0. The van der Waals surface area contributed by atoms with E-state index in [1.165, 1.54) is 27.6 Å². The lowest BCUT2D eigenvalue weighted by Crippen LogP contribution is -2.11. The molecule has 0 aliphatic rings. The average molecular weight is 805 g/mol. The fourth-order valence-electron chi connectivity index (χ4n) is 9.08. The Balaban J connectivity index is 1.07. The summed E-state index contributed by atoms with van der Waals surface area (Å²) in [5.41, 5.74) is 16.8. The third kappa shape index (κ3) is 7.16. The molecule has 0 atom stereocenters. The molecule has 7 aromatic carbocycles. The van der Waals surface area contributed by atoms with E-state index in [0.29, 0.717) is 0 Å². The Morgan fingerprint density at radius 2 is 1.18 bits per heavy atom. The van der Waals surface area contributed by atoms with Crippen molar-refractivity contribution in [3.63, 3.8) is 0 Å². The van der Waals surface area contributed by atoms with E-state index in [2.05, 4.69) is 221 Å². The van der Waals surface area contributed by atoms with Gasteiger partial charge in [-0.1, -0.05) is 136 Å². The highest BCUT2D eigenvalue weighted by atomic mass is 16.5. The molecule has 5 nitrogen and oxygen atoms in total. The number of ether oxygens (including phenoxy) is 1. The molecule has 302 valence electrons. The van der Waals surface area contributed by atoms with Crippen LogP contribution in [0.5, 0.6) is 11.5 Å². The number of nitrogens with zero attached hydrogens (tertiary/aromatic N) is 4. The van der Waals surface area contributed by atoms with Crippen LogP contribution in [0.25, 0.3) is 77.9 Å². The van der Waals surface area contributed by atoms with Crippen molar-refractivity contribution < 1.29 is 4.74 Å². The highest BCUT2D eigenvalue weighted by Gasteiger charge is 2.21. The van der Waals surface area contributed by atoms with Crippen molar-refractivity contribution in [3.8, 4) is 67.6 Å². The summed E-state index contributed by atoms with van der Waals surface area (Å²) in [7, 11) is 0. The number of fused-ring (bicyclic) bond motifs is 3. The highest BCUT2D eigenvalue weighted by Crippen LogP contribution is 2.40. The van der Waals surface area contributed by atoms with Crippen LogP contribution in [0.15, 0.2) is 183 Å². The predicted octanol–water partition coefficient (Wildman–Crippen LogP) is 15.0. The van der Waals surface area contributed by atoms with Gasteiger partial charge in [-0.05, 0) is 114 Å². The molecule has 0 fully saturated rings. The topological polar surface area (TPSA) is 44.9 Å². The van der Waals surface area contributed by atoms with E-state index in [4.69, 9.17) is 14.7 Å². The molecule has 3 heterocycles. The van der Waals surface area contributed by atoms with E-state index >= 15 is 0 Å². The van der Waals surface area contributed by atoms with Gasteiger partial charge in [-0.25, -0.2) is 9.97 Å². The third-order valence-electron chi connectivity index (χ3n) is 11.9. The van der Waals surface area contributed by atoms with E-state index in [1.54, 1.807) is 0 Å². The Bertz CT molecular complexity index is 3200. The lowest BCUT2D eigenvalue weighted by Gasteiger charge is -2.21. The molecule has 0 spiro atoms. The van der Waals surface area contributed by atoms with Crippen molar-refractivity contribution in [2.24, 2.45) is 0 Å². The Kier molecular flexibility index (Phi) is 9.68. The van der Waals surface area contributed by atoms with Gasteiger partial charge in [0.1, 0.15) is 17.3 Å². The molecule has 0 bridgehead atoms. The molecule has 0 amide bonds. The second kappa shape index (κ2) is 15.5. The lowest BCUT2D eigenvalue weighted by molar-refractivity contribution is 0.479. The molecule has 10 aromatic rings. The first-order valence-electron chi connectivity index (χ1n) is 21.3. The highest BCUT2D eigenvalue weighted by molar-refractivity contribution is 6.09. The number of aromatic nitrogens is 4. The number of hydrogen-bond donors (Lipinski definition) is 0. The number of benzene rings is 7. The van der Waals surface area contributed by atoms with Crippen molar-refractivity contribution in [3.05, 3.63) is 205 Å². The van der Waals surface area contributed by atoms with Crippen LogP contribution in [0.3, 0.4) is 0 Å². The normalized spacial score (nSPS) is 11.7. The Labute approximate surface area is 363 Å². The van der Waals surface area contributed by atoms with E-state index in [0.717, 1.165) is 84.1 Å². The number of rotatable bonds is 8. The Morgan fingerprint density at radius 3 is 1.87 bits per heavy atom. The van der Waals surface area contributed by atoms with Crippen LogP contribution < -0.4 is 4.74 Å². The summed E-state index contributed by atoms with van der Waals surface area (Å²) < 4.78 is 11.3. The fourth-order valence-corrected chi connectivity index (χ4v) is 9.08. The molecule has 3 aromatic heterocycles. The molecule has 0 radical (unpaired) electrons. The van der Waals surface area contributed by atoms with Crippen molar-refractivity contribution in [1.29, 1.82) is 0 Å². The van der Waals surface area contributed by atoms with Crippen LogP contribution in [0, 0.1) is 20.8 Å². The van der Waals surface area contributed by atoms with Crippen LogP contribution in [0.1, 0.15) is 43.0 Å². The maximum absolute atomic E-state index is 6.88. The van der Waals surface area contributed by atoms with Crippen LogP contribution >= 0.6 is 0 Å². The van der Waals surface area contributed by atoms with Crippen LogP contribution in [-0.2, 0) is 5.41 Å². The zero-order chi connectivity index (χ0) is 42.5. The van der Waals surface area contributed by atoms with Gasteiger partial charge in [-0.15, -0.1) is 0 Å². The standard InChI is InChI=1S/C57H48N4O/c1-37-28-38(2)55(39(3)29-37)42-26-27-58-54(32-42)61-52-23-14-13-20-49(52)50-25-24-45(34-53(50)61)62-46-31-43(30-44(33-46)57(4,5)6)51-35-60(36-59-51)56-47(40-16-9-7-10-17-40)21-15-22-48(56)41-18-11-8-12-19-41/h7-36H,1-6H3. The quantitative estimate of drug-likeness (QED) is 0.154. The Morgan fingerprint density at radius 1 is 0.516 bits per heavy atom. The summed E-state index contributed by atoms with van der Waals surface area (Å²) in [6.45, 7) is 13.3. The minimum absolute atomic E-state index is 0.141. The largest absolute Gasteiger partial charge is 0.457 e. The van der Waals surface area contributed by atoms with Crippen LogP contribution in [0.4, 0.5) is 0 Å². The van der Waals surface area contributed by atoms with Gasteiger partial charge in [0, 0.05) is 45.9 Å². The van der Waals surface area contributed by atoms with E-state index in [1.807, 2.05) is 12.5 Å². The van der Waals surface area contributed by atoms with Crippen molar-refractivity contribution in [2.45, 2.75) is 47.0 Å². The number of para-hydroxylation sites is 2. The minimum atomic E-state index is -0.141. The second-order valence-electron chi connectivity index (χ2n) is 17.4. The third-order valence-corrected chi connectivity index (χ3v) is 11.9. The summed E-state index contributed by atoms with van der Waals surface area (Å²) in [6, 6.07) is 58.0. The molecular weight excluding hydrogens is 757 g/mol. The van der Waals surface area contributed by atoms with Gasteiger partial charge in [-0.2, -0.15) is 0 Å². The van der Waals surface area contributed by atoms with Crippen LogP contribution in [-0.4, -0.2) is 19.1 Å².